The van der Waals surface area contributed by atoms with E-state index in [1.54, 1.807) is 29.3 Å². The Hall–Kier alpha value is -2.96. The SMILES string of the molecule is O=C(Nc1ccnn1Cc1ccncc1)c1n[nH]c2c1CCC2. The van der Waals surface area contributed by atoms with E-state index in [1.165, 1.54) is 0 Å². The molecule has 0 radical (unpaired) electrons. The second-order valence-corrected chi connectivity index (χ2v) is 5.57. The zero-order chi connectivity index (χ0) is 15.6. The van der Waals surface area contributed by atoms with Gasteiger partial charge in [0.15, 0.2) is 5.69 Å². The third-order valence-electron chi connectivity index (χ3n) is 4.06. The summed E-state index contributed by atoms with van der Waals surface area (Å²) in [7, 11) is 0. The molecule has 0 spiro atoms. The van der Waals surface area contributed by atoms with Crippen LogP contribution >= 0.6 is 0 Å². The maximum atomic E-state index is 12.5. The first-order chi connectivity index (χ1) is 11.3. The highest BCUT2D eigenvalue weighted by atomic mass is 16.2. The molecule has 1 amide bonds. The number of hydrogen-bond donors (Lipinski definition) is 2. The Bertz CT molecular complexity index is 835. The van der Waals surface area contributed by atoms with Crippen LogP contribution in [0.3, 0.4) is 0 Å². The van der Waals surface area contributed by atoms with Crippen molar-refractivity contribution < 1.29 is 4.79 Å². The quantitative estimate of drug-likeness (QED) is 0.769. The normalized spacial score (nSPS) is 13.0. The minimum absolute atomic E-state index is 0.194. The van der Waals surface area contributed by atoms with E-state index in [2.05, 4.69) is 25.6 Å². The number of nitrogens with one attached hydrogen (secondary N) is 2. The van der Waals surface area contributed by atoms with Gasteiger partial charge in [0, 0.05) is 29.7 Å². The van der Waals surface area contributed by atoms with Crippen LogP contribution in [-0.2, 0) is 19.4 Å². The summed E-state index contributed by atoms with van der Waals surface area (Å²) < 4.78 is 1.75. The first-order valence-corrected chi connectivity index (χ1v) is 7.59. The maximum absolute atomic E-state index is 12.5. The minimum Gasteiger partial charge on any atom is -0.305 e. The van der Waals surface area contributed by atoms with Gasteiger partial charge in [0.2, 0.25) is 0 Å². The van der Waals surface area contributed by atoms with Gasteiger partial charge in [-0.15, -0.1) is 0 Å². The fourth-order valence-electron chi connectivity index (χ4n) is 2.91. The van der Waals surface area contributed by atoms with Crippen LogP contribution in [0.5, 0.6) is 0 Å². The number of anilines is 1. The lowest BCUT2D eigenvalue weighted by Crippen LogP contribution is -2.17. The summed E-state index contributed by atoms with van der Waals surface area (Å²) in [5, 5.41) is 14.3. The lowest BCUT2D eigenvalue weighted by Gasteiger charge is -2.08. The highest BCUT2D eigenvalue weighted by Gasteiger charge is 2.23. The van der Waals surface area contributed by atoms with Crippen LogP contribution in [-0.4, -0.2) is 30.9 Å². The highest BCUT2D eigenvalue weighted by molar-refractivity contribution is 6.03. The van der Waals surface area contributed by atoms with Crippen LogP contribution < -0.4 is 5.32 Å². The van der Waals surface area contributed by atoms with Crippen molar-refractivity contribution in [3.8, 4) is 0 Å². The Kier molecular flexibility index (Phi) is 3.38. The van der Waals surface area contributed by atoms with E-state index in [1.807, 2.05) is 12.1 Å². The van der Waals surface area contributed by atoms with Crippen LogP contribution in [0.25, 0.3) is 0 Å². The summed E-state index contributed by atoms with van der Waals surface area (Å²) in [4.78, 5) is 16.5. The highest BCUT2D eigenvalue weighted by Crippen LogP contribution is 2.23. The Morgan fingerprint density at radius 2 is 2.09 bits per heavy atom. The number of pyridine rings is 1. The third kappa shape index (κ3) is 2.61. The molecule has 0 saturated carbocycles. The van der Waals surface area contributed by atoms with Crippen molar-refractivity contribution in [2.24, 2.45) is 0 Å². The number of aromatic nitrogens is 5. The lowest BCUT2D eigenvalue weighted by atomic mass is 10.2. The summed E-state index contributed by atoms with van der Waals surface area (Å²) >= 11 is 0. The number of carbonyl (C=O) groups excluding carboxylic acids is 1. The molecule has 0 unspecified atom stereocenters. The van der Waals surface area contributed by atoms with Gasteiger partial charge in [0.1, 0.15) is 5.82 Å². The molecule has 1 aliphatic rings. The number of rotatable bonds is 4. The molecule has 116 valence electrons. The molecule has 3 aromatic rings. The molecule has 1 aliphatic carbocycles. The van der Waals surface area contributed by atoms with Gasteiger partial charge in [-0.2, -0.15) is 10.2 Å². The molecule has 23 heavy (non-hydrogen) atoms. The average Bonchev–Trinajstić information content (AvgIpc) is 3.25. The number of fused-ring (bicyclic) bond motifs is 1. The monoisotopic (exact) mass is 308 g/mol. The third-order valence-corrected chi connectivity index (χ3v) is 4.06. The van der Waals surface area contributed by atoms with Gasteiger partial charge in [-0.05, 0) is 37.0 Å². The van der Waals surface area contributed by atoms with E-state index in [0.29, 0.717) is 18.1 Å². The molecule has 2 N–H and O–H groups in total. The van der Waals surface area contributed by atoms with Gasteiger partial charge in [-0.1, -0.05) is 0 Å². The van der Waals surface area contributed by atoms with Crippen LogP contribution in [0.2, 0.25) is 0 Å². The number of nitrogens with zero attached hydrogens (tertiary/aromatic N) is 4. The first kappa shape index (κ1) is 13.7. The zero-order valence-corrected chi connectivity index (χ0v) is 12.5. The number of aromatic amines is 1. The van der Waals surface area contributed by atoms with Crippen molar-refractivity contribution in [1.29, 1.82) is 0 Å². The van der Waals surface area contributed by atoms with Gasteiger partial charge >= 0.3 is 0 Å². The fourth-order valence-corrected chi connectivity index (χ4v) is 2.91. The van der Waals surface area contributed by atoms with Gasteiger partial charge in [-0.25, -0.2) is 4.68 Å². The fraction of sp³-hybridized carbons (Fsp3) is 0.250. The molecule has 3 heterocycles. The van der Waals surface area contributed by atoms with Crippen molar-refractivity contribution in [2.75, 3.05) is 5.32 Å². The van der Waals surface area contributed by atoms with Crippen LogP contribution in [0, 0.1) is 0 Å². The summed E-state index contributed by atoms with van der Waals surface area (Å²) in [6, 6.07) is 5.63. The van der Waals surface area contributed by atoms with Crippen LogP contribution in [0.15, 0.2) is 36.8 Å². The molecule has 0 fully saturated rings. The second kappa shape index (κ2) is 5.68. The maximum Gasteiger partial charge on any atom is 0.277 e. The Morgan fingerprint density at radius 3 is 2.96 bits per heavy atom. The summed E-state index contributed by atoms with van der Waals surface area (Å²) in [6.07, 6.45) is 8.10. The number of carbonyl (C=O) groups is 1. The Balaban J connectivity index is 1.53. The molecule has 0 aromatic carbocycles. The Labute approximate surface area is 132 Å². The molecule has 3 aromatic heterocycles. The van der Waals surface area contributed by atoms with Crippen molar-refractivity contribution in [2.45, 2.75) is 25.8 Å². The van der Waals surface area contributed by atoms with Crippen LogP contribution in [0.4, 0.5) is 5.82 Å². The van der Waals surface area contributed by atoms with Gasteiger partial charge < -0.3 is 5.32 Å². The lowest BCUT2D eigenvalue weighted by molar-refractivity contribution is 0.102. The number of aryl methyl sites for hydroxylation is 1. The molecular formula is C16H16N6O. The summed E-state index contributed by atoms with van der Waals surface area (Å²) in [5.74, 6) is 0.461. The zero-order valence-electron chi connectivity index (χ0n) is 12.5. The van der Waals surface area contributed by atoms with Gasteiger partial charge in [0.05, 0.1) is 12.7 Å². The number of hydrogen-bond acceptors (Lipinski definition) is 4. The largest absolute Gasteiger partial charge is 0.305 e. The number of H-pyrrole nitrogens is 1. The second-order valence-electron chi connectivity index (χ2n) is 5.57. The standard InChI is InChI=1S/C16H16N6O/c23-16(15-12-2-1-3-13(12)20-21-15)19-14-6-9-18-22(14)10-11-4-7-17-8-5-11/h4-9H,1-3,10H2,(H,19,23)(H,20,21). The predicted octanol–water partition coefficient (Wildman–Crippen LogP) is 1.79. The van der Waals surface area contributed by atoms with Crippen molar-refractivity contribution >= 4 is 11.7 Å². The Morgan fingerprint density at radius 1 is 1.22 bits per heavy atom. The molecule has 0 bridgehead atoms. The molecular weight excluding hydrogens is 292 g/mol. The van der Waals surface area contributed by atoms with E-state index >= 15 is 0 Å². The average molecular weight is 308 g/mol. The van der Waals surface area contributed by atoms with E-state index in [4.69, 9.17) is 0 Å². The smallest absolute Gasteiger partial charge is 0.277 e. The van der Waals surface area contributed by atoms with Crippen molar-refractivity contribution in [3.05, 3.63) is 59.3 Å². The topological polar surface area (TPSA) is 88.5 Å². The first-order valence-electron chi connectivity index (χ1n) is 7.59. The molecule has 4 rings (SSSR count). The molecule has 7 nitrogen and oxygen atoms in total. The molecule has 0 saturated heterocycles. The summed E-state index contributed by atoms with van der Waals surface area (Å²) in [5.41, 5.74) is 3.69. The summed E-state index contributed by atoms with van der Waals surface area (Å²) in [6.45, 7) is 0.573. The molecule has 7 heteroatoms. The predicted molar refractivity (Wildman–Crippen MR) is 84.1 cm³/mol. The molecule has 0 aliphatic heterocycles. The van der Waals surface area contributed by atoms with Crippen molar-refractivity contribution in [3.63, 3.8) is 0 Å². The van der Waals surface area contributed by atoms with E-state index < -0.39 is 0 Å². The van der Waals surface area contributed by atoms with E-state index in [9.17, 15) is 4.79 Å². The molecule has 0 atom stereocenters. The van der Waals surface area contributed by atoms with Crippen LogP contribution in [0.1, 0.15) is 33.7 Å². The van der Waals surface area contributed by atoms with Crippen molar-refractivity contribution in [1.82, 2.24) is 25.0 Å². The van der Waals surface area contributed by atoms with E-state index in [-0.39, 0.29) is 5.91 Å². The van der Waals surface area contributed by atoms with Gasteiger partial charge in [0.25, 0.3) is 5.91 Å². The minimum atomic E-state index is -0.194. The van der Waals surface area contributed by atoms with Gasteiger partial charge in [-0.3, -0.25) is 14.9 Å². The number of amides is 1. The van der Waals surface area contributed by atoms with E-state index in [0.717, 1.165) is 36.1 Å².